The number of aromatic amines is 1. The molecule has 0 saturated heterocycles. The third-order valence-electron chi connectivity index (χ3n) is 4.39. The number of H-pyrrole nitrogens is 1. The molecule has 5 nitrogen and oxygen atoms in total. The number of nitrogens with one attached hydrogen (secondary N) is 1. The molecule has 1 aliphatic heterocycles. The highest BCUT2D eigenvalue weighted by molar-refractivity contribution is 6.02. The van der Waals surface area contributed by atoms with Crippen molar-refractivity contribution in [3.05, 3.63) is 41.1 Å². The van der Waals surface area contributed by atoms with Gasteiger partial charge < -0.3 is 14.6 Å². The molecule has 1 unspecified atom stereocenters. The number of benzene rings is 1. The van der Waals surface area contributed by atoms with Crippen molar-refractivity contribution in [1.29, 1.82) is 0 Å². The topological polar surface area (TPSA) is 62.4 Å². The standard InChI is InChI=1S/C17H16N2O3/c1-10-6-11-7-13(2-3-14(11)16(10)21)19-4-5-22-15-8-12(9-20)18-17(15)19/h2-3,7-10,18H,4-6H2,1H3. The Morgan fingerprint density at radius 1 is 1.36 bits per heavy atom. The molecule has 2 aliphatic rings. The van der Waals surface area contributed by atoms with Crippen molar-refractivity contribution in [1.82, 2.24) is 4.98 Å². The van der Waals surface area contributed by atoms with E-state index in [1.165, 1.54) is 0 Å². The normalized spacial score (nSPS) is 19.6. The van der Waals surface area contributed by atoms with Gasteiger partial charge in [0, 0.05) is 23.2 Å². The van der Waals surface area contributed by atoms with E-state index in [4.69, 9.17) is 4.74 Å². The van der Waals surface area contributed by atoms with Gasteiger partial charge in [-0.3, -0.25) is 9.59 Å². The van der Waals surface area contributed by atoms with Crippen LogP contribution < -0.4 is 9.64 Å². The lowest BCUT2D eigenvalue weighted by molar-refractivity contribution is 0.0946. The van der Waals surface area contributed by atoms with Gasteiger partial charge in [0.05, 0.1) is 12.2 Å². The minimum Gasteiger partial charge on any atom is -0.488 e. The first-order valence-corrected chi connectivity index (χ1v) is 7.43. The SMILES string of the molecule is CC1Cc2cc(N3CCOc4cc(C=O)[nH]c43)ccc2C1=O. The maximum absolute atomic E-state index is 12.0. The second-order valence-corrected chi connectivity index (χ2v) is 5.87. The highest BCUT2D eigenvalue weighted by Crippen LogP contribution is 2.38. The molecule has 0 radical (unpaired) electrons. The van der Waals surface area contributed by atoms with Crippen molar-refractivity contribution in [2.45, 2.75) is 13.3 Å². The van der Waals surface area contributed by atoms with Crippen molar-refractivity contribution in [3.63, 3.8) is 0 Å². The van der Waals surface area contributed by atoms with Gasteiger partial charge in [0.25, 0.3) is 0 Å². The zero-order chi connectivity index (χ0) is 15.3. The summed E-state index contributed by atoms with van der Waals surface area (Å²) < 4.78 is 5.60. The molecule has 2 heterocycles. The summed E-state index contributed by atoms with van der Waals surface area (Å²) in [5, 5.41) is 0. The summed E-state index contributed by atoms with van der Waals surface area (Å²) in [6.45, 7) is 3.24. The summed E-state index contributed by atoms with van der Waals surface area (Å²) >= 11 is 0. The van der Waals surface area contributed by atoms with E-state index < -0.39 is 0 Å². The Labute approximate surface area is 127 Å². The predicted octanol–water partition coefficient (Wildman–Crippen LogP) is 2.73. The fraction of sp³-hybridized carbons (Fsp3) is 0.294. The van der Waals surface area contributed by atoms with Gasteiger partial charge in [0.15, 0.2) is 23.6 Å². The fourth-order valence-electron chi connectivity index (χ4n) is 3.28. The maximum Gasteiger partial charge on any atom is 0.166 e. The van der Waals surface area contributed by atoms with Gasteiger partial charge in [-0.1, -0.05) is 6.92 Å². The number of nitrogens with zero attached hydrogens (tertiary/aromatic N) is 1. The van der Waals surface area contributed by atoms with E-state index >= 15 is 0 Å². The maximum atomic E-state index is 12.0. The molecular weight excluding hydrogens is 280 g/mol. The quantitative estimate of drug-likeness (QED) is 0.866. The Balaban J connectivity index is 1.75. The molecule has 1 aromatic carbocycles. The van der Waals surface area contributed by atoms with Gasteiger partial charge in [0.2, 0.25) is 0 Å². The number of Topliss-reactive ketones (excluding diaryl/α,β-unsaturated/α-hetero) is 1. The van der Waals surface area contributed by atoms with Gasteiger partial charge in [-0.05, 0) is 30.2 Å². The van der Waals surface area contributed by atoms with Crippen LogP contribution in [0.2, 0.25) is 0 Å². The molecule has 0 saturated carbocycles. The lowest BCUT2D eigenvalue weighted by atomic mass is 10.1. The molecule has 22 heavy (non-hydrogen) atoms. The molecule has 2 aromatic rings. The van der Waals surface area contributed by atoms with Crippen molar-refractivity contribution in [2.75, 3.05) is 18.1 Å². The van der Waals surface area contributed by atoms with Crippen LogP contribution in [0.25, 0.3) is 0 Å². The van der Waals surface area contributed by atoms with E-state index in [-0.39, 0.29) is 11.7 Å². The highest BCUT2D eigenvalue weighted by Gasteiger charge is 2.29. The van der Waals surface area contributed by atoms with Crippen LogP contribution in [0, 0.1) is 5.92 Å². The van der Waals surface area contributed by atoms with Crippen LogP contribution in [-0.4, -0.2) is 30.2 Å². The van der Waals surface area contributed by atoms with Crippen molar-refractivity contribution in [3.8, 4) is 5.75 Å². The summed E-state index contributed by atoms with van der Waals surface area (Å²) in [6.07, 6.45) is 1.58. The molecule has 1 aromatic heterocycles. The second kappa shape index (κ2) is 4.73. The Morgan fingerprint density at radius 2 is 2.23 bits per heavy atom. The van der Waals surface area contributed by atoms with Crippen LogP contribution in [0.15, 0.2) is 24.3 Å². The molecule has 0 spiro atoms. The van der Waals surface area contributed by atoms with Crippen LogP contribution >= 0.6 is 0 Å². The van der Waals surface area contributed by atoms with E-state index in [1.54, 1.807) is 6.07 Å². The van der Waals surface area contributed by atoms with Gasteiger partial charge in [-0.25, -0.2) is 0 Å². The van der Waals surface area contributed by atoms with Crippen molar-refractivity contribution < 1.29 is 14.3 Å². The van der Waals surface area contributed by atoms with Crippen LogP contribution in [0.4, 0.5) is 11.5 Å². The molecule has 0 fully saturated rings. The van der Waals surface area contributed by atoms with Crippen molar-refractivity contribution >= 4 is 23.6 Å². The predicted molar refractivity (Wildman–Crippen MR) is 82.3 cm³/mol. The van der Waals surface area contributed by atoms with Gasteiger partial charge >= 0.3 is 0 Å². The number of ketones is 1. The Morgan fingerprint density at radius 3 is 3.05 bits per heavy atom. The zero-order valence-electron chi connectivity index (χ0n) is 12.3. The first-order valence-electron chi connectivity index (χ1n) is 7.43. The first-order chi connectivity index (χ1) is 10.7. The number of rotatable bonds is 2. The molecule has 4 rings (SSSR count). The number of hydrogen-bond acceptors (Lipinski definition) is 4. The molecule has 0 bridgehead atoms. The highest BCUT2D eigenvalue weighted by atomic mass is 16.5. The number of aromatic nitrogens is 1. The van der Waals surface area contributed by atoms with E-state index in [0.29, 0.717) is 24.6 Å². The minimum absolute atomic E-state index is 0.0673. The van der Waals surface area contributed by atoms with Crippen molar-refractivity contribution in [2.24, 2.45) is 5.92 Å². The monoisotopic (exact) mass is 296 g/mol. The van der Waals surface area contributed by atoms with E-state index in [1.807, 2.05) is 19.1 Å². The third-order valence-corrected chi connectivity index (χ3v) is 4.39. The van der Waals surface area contributed by atoms with Crippen LogP contribution in [0.5, 0.6) is 5.75 Å². The molecule has 112 valence electrons. The summed E-state index contributed by atoms with van der Waals surface area (Å²) in [6, 6.07) is 7.67. The van der Waals surface area contributed by atoms with Gasteiger partial charge in [-0.15, -0.1) is 0 Å². The van der Waals surface area contributed by atoms with Crippen LogP contribution in [-0.2, 0) is 6.42 Å². The molecular formula is C17H16N2O3. The fourth-order valence-corrected chi connectivity index (χ4v) is 3.28. The summed E-state index contributed by atoms with van der Waals surface area (Å²) in [5.74, 6) is 1.79. The Kier molecular flexibility index (Phi) is 2.82. The zero-order valence-corrected chi connectivity index (χ0v) is 12.3. The number of aldehydes is 1. The number of carbonyl (C=O) groups excluding carboxylic acids is 2. The number of hydrogen-bond donors (Lipinski definition) is 1. The summed E-state index contributed by atoms with van der Waals surface area (Å²) in [7, 11) is 0. The largest absolute Gasteiger partial charge is 0.488 e. The van der Waals surface area contributed by atoms with Crippen LogP contribution in [0.1, 0.15) is 33.3 Å². The summed E-state index contributed by atoms with van der Waals surface area (Å²) in [4.78, 5) is 28.2. The third kappa shape index (κ3) is 1.85. The second-order valence-electron chi connectivity index (χ2n) is 5.87. The molecule has 5 heteroatoms. The molecule has 0 amide bonds. The average molecular weight is 296 g/mol. The average Bonchev–Trinajstić information content (AvgIpc) is 3.08. The number of anilines is 2. The first kappa shape index (κ1) is 13.1. The number of carbonyl (C=O) groups is 2. The summed E-state index contributed by atoms with van der Waals surface area (Å²) in [5.41, 5.74) is 3.46. The van der Waals surface area contributed by atoms with Crippen LogP contribution in [0.3, 0.4) is 0 Å². The number of fused-ring (bicyclic) bond motifs is 2. The number of ether oxygens (including phenoxy) is 1. The molecule has 1 atom stereocenters. The lowest BCUT2D eigenvalue weighted by Crippen LogP contribution is -2.28. The smallest absolute Gasteiger partial charge is 0.166 e. The van der Waals surface area contributed by atoms with Gasteiger partial charge in [0.1, 0.15) is 6.61 Å². The van der Waals surface area contributed by atoms with E-state index in [9.17, 15) is 9.59 Å². The molecule has 1 aliphatic carbocycles. The van der Waals surface area contributed by atoms with Gasteiger partial charge in [-0.2, -0.15) is 0 Å². The Hall–Kier alpha value is -2.56. The molecule has 1 N–H and O–H groups in total. The Bertz CT molecular complexity index is 778. The van der Waals surface area contributed by atoms with E-state index in [2.05, 4.69) is 16.0 Å². The minimum atomic E-state index is 0.0673. The van der Waals surface area contributed by atoms with E-state index in [0.717, 1.165) is 35.3 Å². The lowest BCUT2D eigenvalue weighted by Gasteiger charge is -2.29.